The van der Waals surface area contributed by atoms with E-state index in [1.807, 2.05) is 0 Å². The lowest BCUT2D eigenvalue weighted by Crippen LogP contribution is -2.51. The van der Waals surface area contributed by atoms with Crippen LogP contribution in [0.5, 0.6) is 0 Å². The predicted molar refractivity (Wildman–Crippen MR) is 110 cm³/mol. The van der Waals surface area contributed by atoms with Crippen molar-refractivity contribution in [1.82, 2.24) is 4.90 Å². The summed E-state index contributed by atoms with van der Waals surface area (Å²) >= 11 is 0. The Bertz CT molecular complexity index is 558. The van der Waals surface area contributed by atoms with Crippen molar-refractivity contribution in [2.24, 2.45) is 0 Å². The van der Waals surface area contributed by atoms with E-state index in [4.69, 9.17) is 4.43 Å². The summed E-state index contributed by atoms with van der Waals surface area (Å²) in [6.45, 7) is 9.40. The number of hydrogen-bond acceptors (Lipinski definition) is 2. The summed E-state index contributed by atoms with van der Waals surface area (Å²) in [5.41, 5.74) is 2.83. The molecular weight excluding hydrogens is 322 g/mol. The minimum atomic E-state index is -1.58. The second-order valence-electron chi connectivity index (χ2n) is 7.84. The molecule has 2 nitrogen and oxygen atoms in total. The average Bonchev–Trinajstić information content (AvgIpc) is 2.67. The zero-order valence-electron chi connectivity index (χ0n) is 16.3. The third kappa shape index (κ3) is 4.44. The molecule has 0 spiro atoms. The van der Waals surface area contributed by atoms with E-state index >= 15 is 0 Å². The van der Waals surface area contributed by atoms with E-state index in [1.54, 1.807) is 0 Å². The smallest absolute Gasteiger partial charge is 0.192 e. The van der Waals surface area contributed by atoms with Crippen LogP contribution in [0.3, 0.4) is 0 Å². The first-order valence-corrected chi connectivity index (χ1v) is 12.9. The highest BCUT2D eigenvalue weighted by molar-refractivity contribution is 6.73. The van der Waals surface area contributed by atoms with Crippen molar-refractivity contribution in [2.75, 3.05) is 13.1 Å². The minimum Gasteiger partial charge on any atom is -0.410 e. The third-order valence-corrected chi connectivity index (χ3v) is 11.2. The van der Waals surface area contributed by atoms with Gasteiger partial charge >= 0.3 is 0 Å². The molecule has 0 aromatic heterocycles. The fourth-order valence-corrected chi connectivity index (χ4v) is 7.45. The number of nitrogens with zero attached hydrogens (tertiary/aromatic N) is 1. The van der Waals surface area contributed by atoms with Crippen LogP contribution in [-0.4, -0.2) is 38.5 Å². The lowest BCUT2D eigenvalue weighted by molar-refractivity contribution is 0.0687. The molecule has 0 radical (unpaired) electrons. The molecule has 2 atom stereocenters. The zero-order chi connectivity index (χ0) is 17.7. The molecule has 0 bridgehead atoms. The van der Waals surface area contributed by atoms with Gasteiger partial charge in [0.05, 0.1) is 6.10 Å². The van der Waals surface area contributed by atoms with E-state index < -0.39 is 8.32 Å². The number of benzene rings is 1. The van der Waals surface area contributed by atoms with Gasteiger partial charge in [0.15, 0.2) is 8.32 Å². The summed E-state index contributed by atoms with van der Waals surface area (Å²) in [4.78, 5) is 2.71. The van der Waals surface area contributed by atoms with Gasteiger partial charge in [0, 0.05) is 12.6 Å². The van der Waals surface area contributed by atoms with Crippen LogP contribution in [0.4, 0.5) is 0 Å². The van der Waals surface area contributed by atoms with Crippen molar-refractivity contribution in [3.8, 4) is 0 Å². The molecule has 2 fully saturated rings. The molecule has 0 unspecified atom stereocenters. The lowest BCUT2D eigenvalue weighted by atomic mass is 9.88. The van der Waals surface area contributed by atoms with E-state index in [9.17, 15) is 0 Å². The molecule has 0 aliphatic carbocycles. The van der Waals surface area contributed by atoms with Crippen LogP contribution in [0.1, 0.15) is 52.0 Å². The van der Waals surface area contributed by atoms with E-state index in [1.165, 1.54) is 61.5 Å². The van der Waals surface area contributed by atoms with Crippen LogP contribution in [0.2, 0.25) is 18.1 Å². The van der Waals surface area contributed by atoms with Crippen molar-refractivity contribution in [2.45, 2.75) is 76.7 Å². The van der Waals surface area contributed by atoms with Gasteiger partial charge in [0.25, 0.3) is 0 Å². The monoisotopic (exact) mass is 357 g/mol. The largest absolute Gasteiger partial charge is 0.410 e. The molecule has 2 heterocycles. The first kappa shape index (κ1) is 18.9. The van der Waals surface area contributed by atoms with Crippen LogP contribution in [-0.2, 0) is 4.43 Å². The normalized spacial score (nSPS) is 26.6. The van der Waals surface area contributed by atoms with Crippen molar-refractivity contribution < 1.29 is 4.43 Å². The zero-order valence-corrected chi connectivity index (χ0v) is 17.3. The highest BCUT2D eigenvalue weighted by Crippen LogP contribution is 2.35. The van der Waals surface area contributed by atoms with Crippen LogP contribution in [0.15, 0.2) is 35.9 Å². The Labute approximate surface area is 155 Å². The Morgan fingerprint density at radius 2 is 1.80 bits per heavy atom. The van der Waals surface area contributed by atoms with E-state index in [0.29, 0.717) is 6.10 Å². The van der Waals surface area contributed by atoms with Crippen LogP contribution >= 0.6 is 0 Å². The molecule has 25 heavy (non-hydrogen) atoms. The van der Waals surface area contributed by atoms with Gasteiger partial charge in [-0.2, -0.15) is 0 Å². The topological polar surface area (TPSA) is 12.5 Å². The van der Waals surface area contributed by atoms with Crippen LogP contribution in [0, 0.1) is 0 Å². The summed E-state index contributed by atoms with van der Waals surface area (Å²) in [6, 6.07) is 15.3. The van der Waals surface area contributed by atoms with Gasteiger partial charge in [-0.3, -0.25) is 4.90 Å². The second-order valence-corrected chi connectivity index (χ2v) is 12.6. The Hall–Kier alpha value is -0.903. The molecule has 2 saturated heterocycles. The quantitative estimate of drug-likeness (QED) is 0.604. The van der Waals surface area contributed by atoms with Crippen molar-refractivity contribution >= 4 is 14.4 Å². The van der Waals surface area contributed by atoms with Crippen molar-refractivity contribution in [3.05, 3.63) is 41.5 Å². The first-order chi connectivity index (χ1) is 12.2. The molecular formula is C22H35NOSi. The van der Waals surface area contributed by atoms with Crippen LogP contribution in [0.25, 0.3) is 6.08 Å². The van der Waals surface area contributed by atoms with Gasteiger partial charge in [-0.15, -0.1) is 0 Å². The standard InChI is InChI=1S/C22H35NOSi/c1-4-25(5-2,6-3)24-22-17-21-14-10-11-15-23(21)18-20(22)16-19-12-8-7-9-13-19/h7-9,12-13,16,21-22H,4-6,10-11,14-15,17-18H2,1-3H3/b20-16+/t21-,22+/m0/s1. The second kappa shape index (κ2) is 8.66. The highest BCUT2D eigenvalue weighted by Gasteiger charge is 2.38. The summed E-state index contributed by atoms with van der Waals surface area (Å²) < 4.78 is 7.00. The molecule has 0 amide bonds. The van der Waals surface area contributed by atoms with E-state index in [-0.39, 0.29) is 0 Å². The van der Waals surface area contributed by atoms with Gasteiger partial charge in [0.1, 0.15) is 0 Å². The SMILES string of the molecule is CC[Si](CC)(CC)O[C@@H]1C[C@@H]2CCCCN2C/C1=C\c1ccccc1. The molecule has 2 aliphatic rings. The fourth-order valence-electron chi connectivity index (χ4n) is 4.60. The van der Waals surface area contributed by atoms with Crippen molar-refractivity contribution in [1.29, 1.82) is 0 Å². The van der Waals surface area contributed by atoms with Gasteiger partial charge in [-0.1, -0.05) is 63.6 Å². The number of fused-ring (bicyclic) bond motifs is 1. The maximum atomic E-state index is 7.00. The molecule has 1 aromatic rings. The summed E-state index contributed by atoms with van der Waals surface area (Å²) in [7, 11) is -1.58. The Kier molecular flexibility index (Phi) is 6.53. The fraction of sp³-hybridized carbons (Fsp3) is 0.636. The number of hydrogen-bond donors (Lipinski definition) is 0. The van der Waals surface area contributed by atoms with Gasteiger partial charge in [-0.05, 0) is 55.1 Å². The van der Waals surface area contributed by atoms with Crippen molar-refractivity contribution in [3.63, 3.8) is 0 Å². The highest BCUT2D eigenvalue weighted by atomic mass is 28.4. The maximum Gasteiger partial charge on any atom is 0.192 e. The molecule has 2 aliphatic heterocycles. The van der Waals surface area contributed by atoms with Gasteiger partial charge < -0.3 is 4.43 Å². The van der Waals surface area contributed by atoms with Gasteiger partial charge in [0.2, 0.25) is 0 Å². The average molecular weight is 358 g/mol. The Balaban J connectivity index is 1.86. The van der Waals surface area contributed by atoms with E-state index in [2.05, 4.69) is 62.1 Å². The molecule has 138 valence electrons. The van der Waals surface area contributed by atoms with E-state index in [0.717, 1.165) is 12.6 Å². The molecule has 3 rings (SSSR count). The number of rotatable bonds is 6. The minimum absolute atomic E-state index is 0.339. The Morgan fingerprint density at radius 3 is 2.48 bits per heavy atom. The molecule has 1 aromatic carbocycles. The maximum absolute atomic E-state index is 7.00. The molecule has 0 saturated carbocycles. The molecule has 3 heteroatoms. The molecule has 0 N–H and O–H groups in total. The van der Waals surface area contributed by atoms with Crippen LogP contribution < -0.4 is 0 Å². The third-order valence-electron chi connectivity index (χ3n) is 6.51. The summed E-state index contributed by atoms with van der Waals surface area (Å²) in [5.74, 6) is 0. The summed E-state index contributed by atoms with van der Waals surface area (Å²) in [6.07, 6.45) is 8.06. The predicted octanol–water partition coefficient (Wildman–Crippen LogP) is 5.72. The lowest BCUT2D eigenvalue weighted by Gasteiger charge is -2.46. The van der Waals surface area contributed by atoms with Gasteiger partial charge in [-0.25, -0.2) is 0 Å². The summed E-state index contributed by atoms with van der Waals surface area (Å²) in [5, 5.41) is 0. The number of piperidine rings is 2. The Morgan fingerprint density at radius 1 is 1.08 bits per heavy atom. The first-order valence-electron chi connectivity index (χ1n) is 10.4.